The van der Waals surface area contributed by atoms with Gasteiger partial charge in [0.05, 0.1) is 18.1 Å². The van der Waals surface area contributed by atoms with E-state index in [0.29, 0.717) is 59.2 Å². The molecule has 10 heteroatoms. The Morgan fingerprint density at radius 2 is 1.74 bits per heavy atom. The molecule has 1 amide bonds. The molecule has 2 fully saturated rings. The Hall–Kier alpha value is -2.17. The van der Waals surface area contributed by atoms with Gasteiger partial charge < -0.3 is 19.7 Å². The van der Waals surface area contributed by atoms with E-state index >= 15 is 0 Å². The predicted molar refractivity (Wildman–Crippen MR) is 167 cm³/mol. The van der Waals surface area contributed by atoms with E-state index in [0.717, 1.165) is 36.3 Å². The minimum Gasteiger partial charge on any atom is -0.496 e. The van der Waals surface area contributed by atoms with E-state index in [1.807, 2.05) is 26.0 Å². The van der Waals surface area contributed by atoms with Crippen LogP contribution in [0.15, 0.2) is 35.2 Å². The lowest BCUT2D eigenvalue weighted by Gasteiger charge is -2.37. The van der Waals surface area contributed by atoms with Crippen LogP contribution in [0, 0.1) is 32.6 Å². The van der Waals surface area contributed by atoms with Gasteiger partial charge in [0, 0.05) is 30.7 Å². The number of sulfonamides is 1. The second-order valence-electron chi connectivity index (χ2n) is 12.1. The number of halogens is 1. The number of amides is 1. The number of aryl methyl sites for hydroxylation is 1. The third kappa shape index (κ3) is 7.48. The molecule has 2 aliphatic rings. The molecule has 2 aromatic rings. The van der Waals surface area contributed by atoms with Gasteiger partial charge in [-0.25, -0.2) is 8.42 Å². The van der Waals surface area contributed by atoms with Crippen molar-refractivity contribution in [3.8, 4) is 5.75 Å². The first-order chi connectivity index (χ1) is 19.9. The average Bonchev–Trinajstić information content (AvgIpc) is 3.44. The maximum Gasteiger partial charge on any atom is 0.246 e. The molecule has 4 rings (SSSR count). The van der Waals surface area contributed by atoms with E-state index in [2.05, 4.69) is 36.4 Å². The molecule has 42 heavy (non-hydrogen) atoms. The van der Waals surface area contributed by atoms with Gasteiger partial charge in [-0.05, 0) is 119 Å². The summed E-state index contributed by atoms with van der Waals surface area (Å²) in [5, 5.41) is 3.80. The highest BCUT2D eigenvalue weighted by Gasteiger charge is 2.36. The largest absolute Gasteiger partial charge is 0.496 e. The van der Waals surface area contributed by atoms with Gasteiger partial charge in [-0.3, -0.25) is 4.79 Å². The summed E-state index contributed by atoms with van der Waals surface area (Å²) in [4.78, 5) is 15.2. The van der Waals surface area contributed by atoms with Crippen LogP contribution in [0.4, 0.5) is 0 Å². The van der Waals surface area contributed by atoms with Gasteiger partial charge in [-0.1, -0.05) is 23.7 Å². The summed E-state index contributed by atoms with van der Waals surface area (Å²) in [6.07, 6.45) is 4.62. The summed E-state index contributed by atoms with van der Waals surface area (Å²) in [6, 6.07) is 10.3. The zero-order valence-corrected chi connectivity index (χ0v) is 27.4. The second kappa shape index (κ2) is 14.1. The van der Waals surface area contributed by atoms with E-state index in [-0.39, 0.29) is 25.2 Å². The maximum atomic E-state index is 13.5. The highest BCUT2D eigenvalue weighted by molar-refractivity contribution is 7.89. The first kappa shape index (κ1) is 32.7. The van der Waals surface area contributed by atoms with Crippen LogP contribution in [0.3, 0.4) is 0 Å². The van der Waals surface area contributed by atoms with Crippen LogP contribution in [0.5, 0.6) is 5.75 Å². The van der Waals surface area contributed by atoms with Crippen molar-refractivity contribution in [3.05, 3.63) is 57.6 Å². The number of ether oxygens (including phenoxy) is 2. The van der Waals surface area contributed by atoms with Crippen molar-refractivity contribution in [2.75, 3.05) is 47.4 Å². The van der Waals surface area contributed by atoms with E-state index in [1.54, 1.807) is 20.1 Å². The Morgan fingerprint density at radius 3 is 2.36 bits per heavy atom. The standard InChI is InChI=1S/C32H46ClN3O5S/c1-21-17-29(40-6)22(2)23(3)32(21)42(38,39)36-16-15-28(19-36)41-20-30(37)34-18-24-7-9-25(10-8-24)31(35(4)5)26-11-13-27(33)14-12-26/h11-14,17,24-25,28,31H,7-10,15-16,18-20H2,1-6H3,(H,34,37). The molecule has 0 bridgehead atoms. The fraction of sp³-hybridized carbons (Fsp3) is 0.594. The van der Waals surface area contributed by atoms with Crippen LogP contribution in [0.2, 0.25) is 5.02 Å². The van der Waals surface area contributed by atoms with Crippen molar-refractivity contribution >= 4 is 27.5 Å². The van der Waals surface area contributed by atoms with Gasteiger partial charge in [0.15, 0.2) is 0 Å². The lowest BCUT2D eigenvalue weighted by Crippen LogP contribution is -2.37. The highest BCUT2D eigenvalue weighted by Crippen LogP contribution is 2.39. The van der Waals surface area contributed by atoms with Crippen LogP contribution < -0.4 is 10.1 Å². The topological polar surface area (TPSA) is 88.2 Å². The van der Waals surface area contributed by atoms with Gasteiger partial charge in [0.2, 0.25) is 15.9 Å². The van der Waals surface area contributed by atoms with Crippen molar-refractivity contribution in [2.45, 2.75) is 69.9 Å². The van der Waals surface area contributed by atoms with Crippen LogP contribution in [-0.4, -0.2) is 77.1 Å². The number of methoxy groups -OCH3 is 1. The van der Waals surface area contributed by atoms with E-state index in [1.165, 1.54) is 9.87 Å². The van der Waals surface area contributed by atoms with E-state index in [9.17, 15) is 13.2 Å². The summed E-state index contributed by atoms with van der Waals surface area (Å²) in [7, 11) is 2.16. The van der Waals surface area contributed by atoms with E-state index in [4.69, 9.17) is 21.1 Å². The molecule has 2 aromatic carbocycles. The molecule has 0 aromatic heterocycles. The number of nitrogens with zero attached hydrogens (tertiary/aromatic N) is 2. The molecule has 2 atom stereocenters. The van der Waals surface area contributed by atoms with Crippen LogP contribution >= 0.6 is 11.6 Å². The molecule has 2 unspecified atom stereocenters. The zero-order chi connectivity index (χ0) is 30.6. The summed E-state index contributed by atoms with van der Waals surface area (Å²) in [5.41, 5.74) is 3.47. The number of hydrogen-bond donors (Lipinski definition) is 1. The molecule has 1 saturated heterocycles. The molecule has 8 nitrogen and oxygen atoms in total. The number of benzene rings is 2. The molecule has 1 heterocycles. The third-order valence-corrected chi connectivity index (χ3v) is 11.5. The van der Waals surface area contributed by atoms with Gasteiger partial charge >= 0.3 is 0 Å². The summed E-state index contributed by atoms with van der Waals surface area (Å²) < 4.78 is 39.8. The van der Waals surface area contributed by atoms with Crippen LogP contribution in [0.25, 0.3) is 0 Å². The Bertz CT molecular complexity index is 1340. The Morgan fingerprint density at radius 1 is 1.07 bits per heavy atom. The van der Waals surface area contributed by atoms with Crippen molar-refractivity contribution in [1.82, 2.24) is 14.5 Å². The third-order valence-electron chi connectivity index (χ3n) is 9.05. The molecule has 0 spiro atoms. The molecule has 0 radical (unpaired) electrons. The van der Waals surface area contributed by atoms with Crippen molar-refractivity contribution in [1.29, 1.82) is 0 Å². The number of hydrogen-bond acceptors (Lipinski definition) is 6. The first-order valence-electron chi connectivity index (χ1n) is 14.9. The van der Waals surface area contributed by atoms with Crippen molar-refractivity contribution in [2.24, 2.45) is 11.8 Å². The van der Waals surface area contributed by atoms with Crippen LogP contribution in [0.1, 0.15) is 60.4 Å². The molecule has 1 N–H and O–H groups in total. The fourth-order valence-electron chi connectivity index (χ4n) is 6.67. The number of nitrogens with one attached hydrogen (secondary N) is 1. The molecule has 1 aliphatic carbocycles. The number of carbonyl (C=O) groups excluding carboxylic acids is 1. The molecule has 232 valence electrons. The minimum absolute atomic E-state index is 0.0626. The highest BCUT2D eigenvalue weighted by atomic mass is 35.5. The summed E-state index contributed by atoms with van der Waals surface area (Å²) in [6.45, 7) is 6.67. The molecule has 1 aliphatic heterocycles. The molecular weight excluding hydrogens is 574 g/mol. The second-order valence-corrected chi connectivity index (χ2v) is 14.4. The number of rotatable bonds is 11. The molecular formula is C32H46ClN3O5S. The lowest BCUT2D eigenvalue weighted by molar-refractivity contribution is -0.127. The summed E-state index contributed by atoms with van der Waals surface area (Å²) in [5.74, 6) is 1.54. The van der Waals surface area contributed by atoms with Crippen molar-refractivity contribution < 1.29 is 22.7 Å². The van der Waals surface area contributed by atoms with Gasteiger partial charge in [0.1, 0.15) is 12.4 Å². The SMILES string of the molecule is COc1cc(C)c(S(=O)(=O)N2CCC(OCC(=O)NCC3CCC(C(c4ccc(Cl)cc4)N(C)C)CC3)C2)c(C)c1C. The van der Waals surface area contributed by atoms with Crippen LogP contribution in [-0.2, 0) is 19.6 Å². The van der Waals surface area contributed by atoms with Crippen molar-refractivity contribution in [3.63, 3.8) is 0 Å². The Kier molecular flexibility index (Phi) is 11.0. The van der Waals surface area contributed by atoms with Gasteiger partial charge in [-0.15, -0.1) is 0 Å². The smallest absolute Gasteiger partial charge is 0.246 e. The Balaban J connectivity index is 1.22. The monoisotopic (exact) mass is 619 g/mol. The fourth-order valence-corrected chi connectivity index (χ4v) is 8.77. The van der Waals surface area contributed by atoms with Gasteiger partial charge in [0.25, 0.3) is 0 Å². The minimum atomic E-state index is -3.69. The predicted octanol–water partition coefficient (Wildman–Crippen LogP) is 5.28. The van der Waals surface area contributed by atoms with E-state index < -0.39 is 10.0 Å². The Labute approximate surface area is 256 Å². The quantitative estimate of drug-likeness (QED) is 0.368. The average molecular weight is 620 g/mol. The summed E-state index contributed by atoms with van der Waals surface area (Å²) >= 11 is 6.10. The normalized spacial score (nSPS) is 22.3. The zero-order valence-electron chi connectivity index (χ0n) is 25.8. The molecule has 1 saturated carbocycles. The van der Waals surface area contributed by atoms with Gasteiger partial charge in [-0.2, -0.15) is 4.31 Å². The maximum absolute atomic E-state index is 13.5. The lowest BCUT2D eigenvalue weighted by atomic mass is 9.76. The number of carbonyl (C=O) groups is 1. The first-order valence-corrected chi connectivity index (χ1v) is 16.7.